The van der Waals surface area contributed by atoms with Crippen LogP contribution in [0.3, 0.4) is 0 Å². The SMILES string of the molecule is CCCNC(=S)NC(=O)c1cccc(C(=O)OC)c1. The maximum Gasteiger partial charge on any atom is 0.337 e. The summed E-state index contributed by atoms with van der Waals surface area (Å²) in [5.74, 6) is -0.847. The average Bonchev–Trinajstić information content (AvgIpc) is 2.44. The van der Waals surface area contributed by atoms with Gasteiger partial charge in [-0.2, -0.15) is 0 Å². The van der Waals surface area contributed by atoms with Crippen molar-refractivity contribution < 1.29 is 14.3 Å². The van der Waals surface area contributed by atoms with Crippen LogP contribution < -0.4 is 10.6 Å². The Morgan fingerprint density at radius 2 is 2.00 bits per heavy atom. The molecule has 1 amide bonds. The third-order valence-corrected chi connectivity index (χ3v) is 2.55. The highest BCUT2D eigenvalue weighted by Crippen LogP contribution is 2.06. The first kappa shape index (κ1) is 15.1. The average molecular weight is 280 g/mol. The molecule has 0 fully saturated rings. The predicted octanol–water partition coefficient (Wildman–Crippen LogP) is 1.49. The largest absolute Gasteiger partial charge is 0.465 e. The minimum atomic E-state index is -0.485. The summed E-state index contributed by atoms with van der Waals surface area (Å²) in [6, 6.07) is 6.26. The van der Waals surface area contributed by atoms with Crippen molar-refractivity contribution in [3.8, 4) is 0 Å². The van der Waals surface area contributed by atoms with E-state index in [9.17, 15) is 9.59 Å². The normalized spacial score (nSPS) is 9.58. The molecule has 2 N–H and O–H groups in total. The van der Waals surface area contributed by atoms with Crippen LogP contribution in [0.1, 0.15) is 34.1 Å². The first-order valence-electron chi connectivity index (χ1n) is 5.86. The lowest BCUT2D eigenvalue weighted by atomic mass is 10.1. The zero-order chi connectivity index (χ0) is 14.3. The molecule has 1 aromatic rings. The zero-order valence-electron chi connectivity index (χ0n) is 10.9. The molecule has 0 atom stereocenters. The lowest BCUT2D eigenvalue weighted by Crippen LogP contribution is -2.39. The second kappa shape index (κ2) is 7.48. The number of thiocarbonyl (C=S) groups is 1. The molecule has 0 spiro atoms. The van der Waals surface area contributed by atoms with Gasteiger partial charge in [0.2, 0.25) is 0 Å². The summed E-state index contributed by atoms with van der Waals surface area (Å²) in [5, 5.41) is 5.71. The van der Waals surface area contributed by atoms with Gasteiger partial charge in [0.25, 0.3) is 5.91 Å². The monoisotopic (exact) mass is 280 g/mol. The number of carbonyl (C=O) groups excluding carboxylic acids is 2. The standard InChI is InChI=1S/C13H16N2O3S/c1-3-7-14-13(19)15-11(16)9-5-4-6-10(8-9)12(17)18-2/h4-6,8H,3,7H2,1-2H3,(H2,14,15,16,19). The van der Waals surface area contributed by atoms with Crippen LogP contribution in [0.15, 0.2) is 24.3 Å². The van der Waals surface area contributed by atoms with E-state index in [2.05, 4.69) is 15.4 Å². The van der Waals surface area contributed by atoms with E-state index in [1.54, 1.807) is 18.2 Å². The molecule has 0 radical (unpaired) electrons. The van der Waals surface area contributed by atoms with E-state index in [-0.39, 0.29) is 11.0 Å². The van der Waals surface area contributed by atoms with Gasteiger partial charge < -0.3 is 10.1 Å². The first-order chi connectivity index (χ1) is 9.08. The third kappa shape index (κ3) is 4.67. The Balaban J connectivity index is 2.72. The highest BCUT2D eigenvalue weighted by Gasteiger charge is 2.11. The molecule has 0 aliphatic heterocycles. The number of benzene rings is 1. The van der Waals surface area contributed by atoms with Gasteiger partial charge >= 0.3 is 5.97 Å². The van der Waals surface area contributed by atoms with Gasteiger partial charge in [-0.15, -0.1) is 0 Å². The van der Waals surface area contributed by atoms with Gasteiger partial charge in [0.1, 0.15) is 0 Å². The topological polar surface area (TPSA) is 67.4 Å². The number of ether oxygens (including phenoxy) is 1. The lowest BCUT2D eigenvalue weighted by Gasteiger charge is -2.09. The number of rotatable bonds is 4. The van der Waals surface area contributed by atoms with E-state index < -0.39 is 5.97 Å². The van der Waals surface area contributed by atoms with Crippen molar-refractivity contribution >= 4 is 29.2 Å². The van der Waals surface area contributed by atoms with Crippen LogP contribution in [-0.4, -0.2) is 30.6 Å². The second-order valence-electron chi connectivity index (χ2n) is 3.78. The fourth-order valence-corrected chi connectivity index (χ4v) is 1.56. The molecule has 102 valence electrons. The molecule has 0 saturated carbocycles. The van der Waals surface area contributed by atoms with E-state index >= 15 is 0 Å². The lowest BCUT2D eigenvalue weighted by molar-refractivity contribution is 0.0600. The Morgan fingerprint density at radius 3 is 2.63 bits per heavy atom. The minimum Gasteiger partial charge on any atom is -0.465 e. The highest BCUT2D eigenvalue weighted by molar-refractivity contribution is 7.80. The second-order valence-corrected chi connectivity index (χ2v) is 4.19. The van der Waals surface area contributed by atoms with Crippen LogP contribution in [0.25, 0.3) is 0 Å². The van der Waals surface area contributed by atoms with E-state index in [1.807, 2.05) is 6.92 Å². The molecule has 1 rings (SSSR count). The van der Waals surface area contributed by atoms with Gasteiger partial charge in [0.05, 0.1) is 12.7 Å². The molecule has 0 bridgehead atoms. The Morgan fingerprint density at radius 1 is 1.32 bits per heavy atom. The summed E-state index contributed by atoms with van der Waals surface area (Å²) < 4.78 is 4.60. The van der Waals surface area contributed by atoms with Crippen LogP contribution in [0, 0.1) is 0 Å². The molecular weight excluding hydrogens is 264 g/mol. The van der Waals surface area contributed by atoms with Crippen LogP contribution in [-0.2, 0) is 4.74 Å². The number of esters is 1. The van der Waals surface area contributed by atoms with E-state index in [0.29, 0.717) is 17.7 Å². The van der Waals surface area contributed by atoms with Crippen molar-refractivity contribution in [2.45, 2.75) is 13.3 Å². The Hall–Kier alpha value is -1.95. The number of hydrogen-bond donors (Lipinski definition) is 2. The molecular formula is C13H16N2O3S. The van der Waals surface area contributed by atoms with Crippen molar-refractivity contribution in [3.63, 3.8) is 0 Å². The van der Waals surface area contributed by atoms with Gasteiger partial charge in [0.15, 0.2) is 5.11 Å². The van der Waals surface area contributed by atoms with Crippen molar-refractivity contribution in [1.82, 2.24) is 10.6 Å². The first-order valence-corrected chi connectivity index (χ1v) is 6.27. The maximum atomic E-state index is 11.9. The Bertz CT molecular complexity index is 489. The summed E-state index contributed by atoms with van der Waals surface area (Å²) in [6.45, 7) is 2.69. The summed E-state index contributed by atoms with van der Waals surface area (Å²) in [6.07, 6.45) is 0.911. The molecule has 6 heteroatoms. The van der Waals surface area contributed by atoms with Crippen molar-refractivity contribution in [2.24, 2.45) is 0 Å². The third-order valence-electron chi connectivity index (χ3n) is 2.31. The zero-order valence-corrected chi connectivity index (χ0v) is 11.7. The molecule has 0 saturated heterocycles. The summed E-state index contributed by atoms with van der Waals surface area (Å²) in [7, 11) is 1.29. The van der Waals surface area contributed by atoms with Crippen molar-refractivity contribution in [2.75, 3.05) is 13.7 Å². The fraction of sp³-hybridized carbons (Fsp3) is 0.308. The molecule has 0 aliphatic rings. The summed E-state index contributed by atoms with van der Waals surface area (Å²) in [5.41, 5.74) is 0.672. The van der Waals surface area contributed by atoms with Gasteiger partial charge in [-0.1, -0.05) is 13.0 Å². The fourth-order valence-electron chi connectivity index (χ4n) is 1.36. The molecule has 0 heterocycles. The number of hydrogen-bond acceptors (Lipinski definition) is 4. The summed E-state index contributed by atoms with van der Waals surface area (Å²) in [4.78, 5) is 23.3. The molecule has 0 aliphatic carbocycles. The number of carbonyl (C=O) groups is 2. The number of amides is 1. The molecule has 0 unspecified atom stereocenters. The maximum absolute atomic E-state index is 11.9. The van der Waals surface area contributed by atoms with Crippen LogP contribution in [0.2, 0.25) is 0 Å². The predicted molar refractivity (Wildman–Crippen MR) is 76.1 cm³/mol. The van der Waals surface area contributed by atoms with Gasteiger partial charge in [-0.25, -0.2) is 4.79 Å². The smallest absolute Gasteiger partial charge is 0.337 e. The van der Waals surface area contributed by atoms with Crippen LogP contribution >= 0.6 is 12.2 Å². The van der Waals surface area contributed by atoms with E-state index in [0.717, 1.165) is 6.42 Å². The van der Waals surface area contributed by atoms with Crippen molar-refractivity contribution in [1.29, 1.82) is 0 Å². The molecule has 5 nitrogen and oxygen atoms in total. The van der Waals surface area contributed by atoms with Gasteiger partial charge in [-0.3, -0.25) is 10.1 Å². The molecule has 19 heavy (non-hydrogen) atoms. The minimum absolute atomic E-state index is 0.273. The summed E-state index contributed by atoms with van der Waals surface area (Å²) >= 11 is 4.97. The Kier molecular flexibility index (Phi) is 5.95. The van der Waals surface area contributed by atoms with Crippen LogP contribution in [0.4, 0.5) is 0 Å². The number of methoxy groups -OCH3 is 1. The molecule has 1 aromatic carbocycles. The van der Waals surface area contributed by atoms with Crippen molar-refractivity contribution in [3.05, 3.63) is 35.4 Å². The van der Waals surface area contributed by atoms with E-state index in [4.69, 9.17) is 12.2 Å². The highest BCUT2D eigenvalue weighted by atomic mass is 32.1. The Labute approximate surface area is 117 Å². The van der Waals surface area contributed by atoms with Gasteiger partial charge in [-0.05, 0) is 36.8 Å². The quantitative estimate of drug-likeness (QED) is 0.646. The van der Waals surface area contributed by atoms with Gasteiger partial charge in [0, 0.05) is 12.1 Å². The van der Waals surface area contributed by atoms with E-state index in [1.165, 1.54) is 13.2 Å². The number of nitrogens with one attached hydrogen (secondary N) is 2. The molecule has 0 aromatic heterocycles. The van der Waals surface area contributed by atoms with Crippen LogP contribution in [0.5, 0.6) is 0 Å².